The summed E-state index contributed by atoms with van der Waals surface area (Å²) in [7, 11) is -1.88. The van der Waals surface area contributed by atoms with E-state index < -0.39 is 10.0 Å². The van der Waals surface area contributed by atoms with Gasteiger partial charge in [0.2, 0.25) is 10.0 Å². The van der Waals surface area contributed by atoms with Crippen LogP contribution in [-0.2, 0) is 10.0 Å². The average Bonchev–Trinajstić information content (AvgIpc) is 2.27. The number of nitrogens with one attached hydrogen (secondary N) is 1. The molecule has 0 fully saturated rings. The van der Waals surface area contributed by atoms with Gasteiger partial charge in [0.25, 0.3) is 0 Å². The van der Waals surface area contributed by atoms with Crippen LogP contribution in [0.2, 0.25) is 0 Å². The zero-order valence-corrected chi connectivity index (χ0v) is 11.5. The molecule has 16 heavy (non-hydrogen) atoms. The summed E-state index contributed by atoms with van der Waals surface area (Å²) < 4.78 is 31.0. The van der Waals surface area contributed by atoms with Crippen molar-refractivity contribution in [1.82, 2.24) is 4.72 Å². The van der Waals surface area contributed by atoms with E-state index in [1.54, 1.807) is 12.1 Å². The van der Waals surface area contributed by atoms with Crippen molar-refractivity contribution in [3.8, 4) is 5.75 Å². The van der Waals surface area contributed by atoms with Gasteiger partial charge in [-0.1, -0.05) is 22.9 Å². The zero-order chi connectivity index (χ0) is 12.2. The molecule has 4 nitrogen and oxygen atoms in total. The summed E-state index contributed by atoms with van der Waals surface area (Å²) in [6.07, 6.45) is 0. The summed E-state index contributed by atoms with van der Waals surface area (Å²) in [6.45, 7) is 2.23. The topological polar surface area (TPSA) is 55.4 Å². The Morgan fingerprint density at radius 3 is 2.38 bits per heavy atom. The molecule has 0 aliphatic rings. The van der Waals surface area contributed by atoms with E-state index in [1.165, 1.54) is 19.2 Å². The molecule has 1 aromatic carbocycles. The van der Waals surface area contributed by atoms with Crippen LogP contribution in [0.5, 0.6) is 5.75 Å². The summed E-state index contributed by atoms with van der Waals surface area (Å²) in [4.78, 5) is 0.335. The second-order valence-electron chi connectivity index (χ2n) is 3.31. The number of alkyl halides is 1. The molecule has 0 radical (unpaired) electrons. The Hall–Kier alpha value is -0.590. The van der Waals surface area contributed by atoms with Gasteiger partial charge in [-0.05, 0) is 24.3 Å². The molecule has 0 amide bonds. The van der Waals surface area contributed by atoms with Crippen LogP contribution in [-0.4, -0.2) is 26.9 Å². The summed E-state index contributed by atoms with van der Waals surface area (Å²) in [5, 5.41) is 0. The second kappa shape index (κ2) is 5.65. The molecule has 90 valence electrons. The van der Waals surface area contributed by atoms with Crippen LogP contribution in [0.1, 0.15) is 6.92 Å². The first-order valence-corrected chi connectivity index (χ1v) is 7.13. The Kier molecular flexibility index (Phi) is 4.76. The lowest BCUT2D eigenvalue weighted by Crippen LogP contribution is -2.28. The first kappa shape index (κ1) is 13.5. The number of sulfonamides is 1. The normalized spacial score (nSPS) is 13.4. The maximum Gasteiger partial charge on any atom is 0.240 e. The van der Waals surface area contributed by atoms with E-state index >= 15 is 0 Å². The van der Waals surface area contributed by atoms with Crippen molar-refractivity contribution in [2.75, 3.05) is 13.7 Å². The van der Waals surface area contributed by atoms with E-state index in [0.717, 1.165) is 0 Å². The SMILES string of the molecule is COc1ccc(S(=O)(=O)NCC(C)Br)cc1. The molecule has 0 saturated carbocycles. The van der Waals surface area contributed by atoms with Gasteiger partial charge in [-0.3, -0.25) is 0 Å². The predicted octanol–water partition coefficient (Wildman–Crippen LogP) is 1.76. The van der Waals surface area contributed by atoms with Gasteiger partial charge in [0.05, 0.1) is 12.0 Å². The van der Waals surface area contributed by atoms with Gasteiger partial charge < -0.3 is 4.74 Å². The maximum absolute atomic E-state index is 11.8. The molecule has 0 heterocycles. The van der Waals surface area contributed by atoms with Crippen molar-refractivity contribution < 1.29 is 13.2 Å². The van der Waals surface area contributed by atoms with E-state index in [9.17, 15) is 8.42 Å². The number of benzene rings is 1. The van der Waals surface area contributed by atoms with Crippen molar-refractivity contribution >= 4 is 26.0 Å². The molecule has 0 aliphatic carbocycles. The lowest BCUT2D eigenvalue weighted by Gasteiger charge is -2.08. The molecule has 0 spiro atoms. The van der Waals surface area contributed by atoms with Gasteiger partial charge in [-0.25, -0.2) is 13.1 Å². The van der Waals surface area contributed by atoms with Gasteiger partial charge in [0, 0.05) is 11.4 Å². The van der Waals surface area contributed by atoms with Crippen molar-refractivity contribution in [3.63, 3.8) is 0 Å². The third kappa shape index (κ3) is 3.77. The Labute approximate surface area is 104 Å². The molecular weight excluding hydrogens is 294 g/mol. The average molecular weight is 308 g/mol. The highest BCUT2D eigenvalue weighted by Gasteiger charge is 2.13. The van der Waals surface area contributed by atoms with E-state index in [4.69, 9.17) is 4.74 Å². The number of ether oxygens (including phenoxy) is 1. The fourth-order valence-electron chi connectivity index (χ4n) is 1.06. The van der Waals surface area contributed by atoms with E-state index in [0.29, 0.717) is 12.3 Å². The van der Waals surface area contributed by atoms with Gasteiger partial charge in [0.15, 0.2) is 0 Å². The predicted molar refractivity (Wildman–Crippen MR) is 66.6 cm³/mol. The highest BCUT2D eigenvalue weighted by Crippen LogP contribution is 2.15. The lowest BCUT2D eigenvalue weighted by molar-refractivity contribution is 0.414. The third-order valence-electron chi connectivity index (χ3n) is 1.92. The van der Waals surface area contributed by atoms with Crippen LogP contribution in [0.25, 0.3) is 0 Å². The Morgan fingerprint density at radius 2 is 1.94 bits per heavy atom. The smallest absolute Gasteiger partial charge is 0.240 e. The van der Waals surface area contributed by atoms with Gasteiger partial charge in [-0.15, -0.1) is 0 Å². The fraction of sp³-hybridized carbons (Fsp3) is 0.400. The summed E-state index contributed by atoms with van der Waals surface area (Å²) >= 11 is 3.28. The van der Waals surface area contributed by atoms with Gasteiger partial charge in [-0.2, -0.15) is 0 Å². The number of hydrogen-bond donors (Lipinski definition) is 1. The van der Waals surface area contributed by atoms with Crippen molar-refractivity contribution in [2.45, 2.75) is 16.6 Å². The third-order valence-corrected chi connectivity index (χ3v) is 3.69. The number of halogens is 1. The molecule has 0 aliphatic heterocycles. The molecule has 0 aromatic heterocycles. The molecule has 0 bridgehead atoms. The molecular formula is C10H14BrNO3S. The quantitative estimate of drug-likeness (QED) is 0.843. The number of hydrogen-bond acceptors (Lipinski definition) is 3. The largest absolute Gasteiger partial charge is 0.497 e. The van der Waals surface area contributed by atoms with Crippen LogP contribution in [0.3, 0.4) is 0 Å². The van der Waals surface area contributed by atoms with Crippen LogP contribution < -0.4 is 9.46 Å². The first-order valence-electron chi connectivity index (χ1n) is 4.73. The van der Waals surface area contributed by atoms with Crippen LogP contribution in [0.15, 0.2) is 29.2 Å². The Bertz CT molecular complexity index is 428. The standard InChI is InChI=1S/C10H14BrNO3S/c1-8(11)7-12-16(13,14)10-5-3-9(15-2)4-6-10/h3-6,8,12H,7H2,1-2H3. The highest BCUT2D eigenvalue weighted by molar-refractivity contribution is 9.09. The summed E-state index contributed by atoms with van der Waals surface area (Å²) in [6, 6.07) is 6.26. The minimum absolute atomic E-state index is 0.0977. The van der Waals surface area contributed by atoms with Crippen LogP contribution >= 0.6 is 15.9 Å². The number of rotatable bonds is 5. The molecule has 1 N–H and O–H groups in total. The minimum Gasteiger partial charge on any atom is -0.497 e. The van der Waals surface area contributed by atoms with Crippen LogP contribution in [0, 0.1) is 0 Å². The fourth-order valence-corrected chi connectivity index (χ4v) is 2.57. The Morgan fingerprint density at radius 1 is 1.38 bits per heavy atom. The van der Waals surface area contributed by atoms with E-state index in [-0.39, 0.29) is 9.72 Å². The molecule has 0 saturated heterocycles. The van der Waals surface area contributed by atoms with Gasteiger partial charge in [0.1, 0.15) is 5.75 Å². The lowest BCUT2D eigenvalue weighted by atomic mass is 10.3. The maximum atomic E-state index is 11.8. The summed E-state index contributed by atoms with van der Waals surface area (Å²) in [5.41, 5.74) is 0. The van der Waals surface area contributed by atoms with Crippen molar-refractivity contribution in [2.24, 2.45) is 0 Å². The van der Waals surface area contributed by atoms with E-state index in [1.807, 2.05) is 6.92 Å². The molecule has 1 aromatic rings. The number of methoxy groups -OCH3 is 1. The Balaban J connectivity index is 2.82. The molecule has 1 rings (SSSR count). The van der Waals surface area contributed by atoms with Crippen LogP contribution in [0.4, 0.5) is 0 Å². The zero-order valence-electron chi connectivity index (χ0n) is 9.10. The van der Waals surface area contributed by atoms with Crippen molar-refractivity contribution in [3.05, 3.63) is 24.3 Å². The molecule has 1 atom stereocenters. The van der Waals surface area contributed by atoms with Crippen molar-refractivity contribution in [1.29, 1.82) is 0 Å². The second-order valence-corrected chi connectivity index (χ2v) is 6.64. The van der Waals surface area contributed by atoms with Gasteiger partial charge >= 0.3 is 0 Å². The highest BCUT2D eigenvalue weighted by atomic mass is 79.9. The molecule has 1 unspecified atom stereocenters. The first-order chi connectivity index (χ1) is 7.45. The molecule has 6 heteroatoms. The monoisotopic (exact) mass is 307 g/mol. The summed E-state index contributed by atoms with van der Waals surface area (Å²) in [5.74, 6) is 0.632. The minimum atomic E-state index is -3.42. The van der Waals surface area contributed by atoms with E-state index in [2.05, 4.69) is 20.7 Å².